The van der Waals surface area contributed by atoms with Crippen LogP contribution in [0, 0.1) is 5.92 Å². The molecule has 0 bridgehead atoms. The van der Waals surface area contributed by atoms with Crippen LogP contribution in [0.1, 0.15) is 26.0 Å². The van der Waals surface area contributed by atoms with Crippen molar-refractivity contribution in [2.24, 2.45) is 5.92 Å². The molecule has 0 radical (unpaired) electrons. The van der Waals surface area contributed by atoms with Gasteiger partial charge in [-0.25, -0.2) is 4.98 Å². The molecular formula is C18H21BrN2O3S. The van der Waals surface area contributed by atoms with Crippen molar-refractivity contribution in [2.45, 2.75) is 45.1 Å². The molecule has 3 rings (SSSR count). The van der Waals surface area contributed by atoms with E-state index in [1.54, 1.807) is 11.3 Å². The Morgan fingerprint density at radius 3 is 2.96 bits per heavy atom. The van der Waals surface area contributed by atoms with Gasteiger partial charge in [0.25, 0.3) is 0 Å². The van der Waals surface area contributed by atoms with E-state index in [1.807, 2.05) is 43.5 Å². The van der Waals surface area contributed by atoms with Gasteiger partial charge in [0.05, 0.1) is 5.69 Å². The van der Waals surface area contributed by atoms with E-state index in [2.05, 4.69) is 26.2 Å². The number of nitrogens with zero attached hydrogens (tertiary/aromatic N) is 1. The van der Waals surface area contributed by atoms with Crippen molar-refractivity contribution in [2.75, 3.05) is 0 Å². The van der Waals surface area contributed by atoms with Gasteiger partial charge in [-0.05, 0) is 24.5 Å². The average Bonchev–Trinajstić information content (AvgIpc) is 3.08. The second-order valence-electron chi connectivity index (χ2n) is 6.64. The normalized spacial score (nSPS) is 20.6. The molecule has 1 saturated heterocycles. The molecular weight excluding hydrogens is 404 g/mol. The summed E-state index contributed by atoms with van der Waals surface area (Å²) in [6.45, 7) is 4.03. The fourth-order valence-electron chi connectivity index (χ4n) is 2.72. The van der Waals surface area contributed by atoms with Gasteiger partial charge in [-0.3, -0.25) is 10.1 Å². The van der Waals surface area contributed by atoms with Crippen LogP contribution in [-0.2, 0) is 16.0 Å². The van der Waals surface area contributed by atoms with E-state index >= 15 is 0 Å². The number of hydrogen-bond acceptors (Lipinski definition) is 5. The summed E-state index contributed by atoms with van der Waals surface area (Å²) in [4.78, 5) is 16.0. The van der Waals surface area contributed by atoms with Crippen molar-refractivity contribution in [3.05, 3.63) is 39.8 Å². The van der Waals surface area contributed by atoms with E-state index in [9.17, 15) is 9.90 Å². The van der Waals surface area contributed by atoms with E-state index in [4.69, 9.17) is 4.74 Å². The third-order valence-corrected chi connectivity index (χ3v) is 5.42. The van der Waals surface area contributed by atoms with Crippen LogP contribution in [-0.4, -0.2) is 34.4 Å². The van der Waals surface area contributed by atoms with Crippen molar-refractivity contribution >= 4 is 33.2 Å². The maximum absolute atomic E-state index is 11.3. The molecule has 2 N–H and O–H groups in total. The Labute approximate surface area is 159 Å². The van der Waals surface area contributed by atoms with E-state index in [-0.39, 0.29) is 12.3 Å². The van der Waals surface area contributed by atoms with Gasteiger partial charge < -0.3 is 9.84 Å². The quantitative estimate of drug-likeness (QED) is 0.627. The maximum Gasteiger partial charge on any atom is 0.320 e. The standard InChI is InChI=1S/C18H21BrN2O3S/c1-10(2)6-14(18(22)23)21-16-15(24-16)8-13-9-25-17(20-13)11-4-3-5-12(19)7-11/h3-5,7,9-10,14-16,21H,6,8H2,1-2H3,(H,22,23)/t14-,15?,16?/m0/s1. The minimum Gasteiger partial charge on any atom is -0.480 e. The number of aromatic nitrogens is 1. The first-order chi connectivity index (χ1) is 11.9. The number of carboxylic acid groups (broad SMARTS) is 1. The first-order valence-corrected chi connectivity index (χ1v) is 9.94. The van der Waals surface area contributed by atoms with Gasteiger partial charge in [0.1, 0.15) is 23.4 Å². The van der Waals surface area contributed by atoms with Gasteiger partial charge >= 0.3 is 5.97 Å². The Hall–Kier alpha value is -1.28. The third-order valence-electron chi connectivity index (χ3n) is 3.99. The monoisotopic (exact) mass is 424 g/mol. The minimum atomic E-state index is -0.825. The molecule has 3 atom stereocenters. The Balaban J connectivity index is 1.55. The van der Waals surface area contributed by atoms with Gasteiger partial charge in [-0.15, -0.1) is 11.3 Å². The van der Waals surface area contributed by atoms with E-state index in [0.717, 1.165) is 20.7 Å². The van der Waals surface area contributed by atoms with Crippen LogP contribution in [0.25, 0.3) is 10.6 Å². The number of carbonyl (C=O) groups is 1. The Morgan fingerprint density at radius 2 is 2.28 bits per heavy atom. The van der Waals surface area contributed by atoms with Crippen LogP contribution in [0.2, 0.25) is 0 Å². The van der Waals surface area contributed by atoms with Gasteiger partial charge in [0.15, 0.2) is 0 Å². The zero-order chi connectivity index (χ0) is 18.0. The van der Waals surface area contributed by atoms with Gasteiger partial charge in [-0.1, -0.05) is 41.9 Å². The molecule has 1 fully saturated rings. The van der Waals surface area contributed by atoms with Crippen molar-refractivity contribution in [1.29, 1.82) is 0 Å². The summed E-state index contributed by atoms with van der Waals surface area (Å²) in [7, 11) is 0. The van der Waals surface area contributed by atoms with Crippen LogP contribution in [0.4, 0.5) is 0 Å². The maximum atomic E-state index is 11.3. The zero-order valence-corrected chi connectivity index (χ0v) is 16.5. The molecule has 0 saturated carbocycles. The summed E-state index contributed by atoms with van der Waals surface area (Å²) in [6.07, 6.45) is 1.07. The van der Waals surface area contributed by atoms with Crippen LogP contribution >= 0.6 is 27.3 Å². The van der Waals surface area contributed by atoms with Crippen molar-refractivity contribution in [1.82, 2.24) is 10.3 Å². The highest BCUT2D eigenvalue weighted by molar-refractivity contribution is 9.10. The molecule has 25 heavy (non-hydrogen) atoms. The number of carboxylic acids is 1. The molecule has 0 spiro atoms. The van der Waals surface area contributed by atoms with Crippen molar-refractivity contribution in [3.8, 4) is 10.6 Å². The molecule has 7 heteroatoms. The number of ether oxygens (including phenoxy) is 1. The second-order valence-corrected chi connectivity index (χ2v) is 8.41. The van der Waals surface area contributed by atoms with Crippen LogP contribution in [0.3, 0.4) is 0 Å². The summed E-state index contributed by atoms with van der Waals surface area (Å²) < 4.78 is 6.63. The molecule has 2 unspecified atom stereocenters. The molecule has 2 aromatic rings. The highest BCUT2D eigenvalue weighted by Crippen LogP contribution is 2.30. The lowest BCUT2D eigenvalue weighted by atomic mass is 10.0. The second kappa shape index (κ2) is 7.95. The Morgan fingerprint density at radius 1 is 1.48 bits per heavy atom. The lowest BCUT2D eigenvalue weighted by molar-refractivity contribution is -0.140. The number of benzene rings is 1. The lowest BCUT2D eigenvalue weighted by Gasteiger charge is -2.14. The summed E-state index contributed by atoms with van der Waals surface area (Å²) in [5.74, 6) is -0.509. The zero-order valence-electron chi connectivity index (χ0n) is 14.1. The van der Waals surface area contributed by atoms with Crippen LogP contribution in [0.15, 0.2) is 34.1 Å². The Bertz CT molecular complexity index is 749. The molecule has 2 heterocycles. The number of aliphatic carboxylic acids is 1. The molecule has 0 amide bonds. The summed E-state index contributed by atoms with van der Waals surface area (Å²) in [5.41, 5.74) is 2.06. The van der Waals surface area contributed by atoms with E-state index < -0.39 is 12.0 Å². The number of nitrogens with one attached hydrogen (secondary N) is 1. The predicted molar refractivity (Wildman–Crippen MR) is 102 cm³/mol. The first kappa shape index (κ1) is 18.5. The van der Waals surface area contributed by atoms with Crippen LogP contribution < -0.4 is 5.32 Å². The molecule has 1 aliphatic heterocycles. The molecule has 1 aromatic heterocycles. The highest BCUT2D eigenvalue weighted by atomic mass is 79.9. The highest BCUT2D eigenvalue weighted by Gasteiger charge is 2.41. The number of rotatable bonds is 8. The molecule has 0 aliphatic carbocycles. The van der Waals surface area contributed by atoms with Gasteiger partial charge in [-0.2, -0.15) is 0 Å². The fraction of sp³-hybridized carbons (Fsp3) is 0.444. The minimum absolute atomic E-state index is 0.00790. The number of epoxide rings is 1. The van der Waals surface area contributed by atoms with Crippen LogP contribution in [0.5, 0.6) is 0 Å². The van der Waals surface area contributed by atoms with E-state index in [0.29, 0.717) is 18.8 Å². The number of halogens is 1. The fourth-order valence-corrected chi connectivity index (χ4v) is 3.94. The smallest absolute Gasteiger partial charge is 0.320 e. The van der Waals surface area contributed by atoms with Gasteiger partial charge in [0, 0.05) is 21.8 Å². The number of thiazole rings is 1. The number of hydrogen-bond donors (Lipinski definition) is 2. The lowest BCUT2D eigenvalue weighted by Crippen LogP contribution is -2.40. The van der Waals surface area contributed by atoms with Crippen molar-refractivity contribution < 1.29 is 14.6 Å². The van der Waals surface area contributed by atoms with Gasteiger partial charge in [0.2, 0.25) is 0 Å². The Kier molecular flexibility index (Phi) is 5.89. The van der Waals surface area contributed by atoms with E-state index in [1.165, 1.54) is 0 Å². The van der Waals surface area contributed by atoms with Crippen molar-refractivity contribution in [3.63, 3.8) is 0 Å². The molecule has 5 nitrogen and oxygen atoms in total. The summed E-state index contributed by atoms with van der Waals surface area (Å²) in [5, 5.41) is 15.4. The molecule has 1 aliphatic rings. The average molecular weight is 425 g/mol. The summed E-state index contributed by atoms with van der Waals surface area (Å²) in [6, 6.07) is 7.49. The molecule has 134 valence electrons. The SMILES string of the molecule is CC(C)C[C@H](NC1OC1Cc1csc(-c2cccc(Br)c2)n1)C(=O)O. The first-order valence-electron chi connectivity index (χ1n) is 8.27. The summed E-state index contributed by atoms with van der Waals surface area (Å²) >= 11 is 5.08. The molecule has 1 aromatic carbocycles. The largest absolute Gasteiger partial charge is 0.480 e. The predicted octanol–water partition coefficient (Wildman–Crippen LogP) is 3.93. The topological polar surface area (TPSA) is 74.8 Å². The third kappa shape index (κ3) is 5.10.